The van der Waals surface area contributed by atoms with E-state index in [-0.39, 0.29) is 17.9 Å². The van der Waals surface area contributed by atoms with Crippen LogP contribution in [0.5, 0.6) is 0 Å². The molecule has 3 aliphatic rings. The lowest BCUT2D eigenvalue weighted by molar-refractivity contribution is -0.188. The van der Waals surface area contributed by atoms with E-state index in [1.165, 1.54) is 0 Å². The molecule has 2 atom stereocenters. The van der Waals surface area contributed by atoms with E-state index in [1.807, 2.05) is 45.5 Å². The SMILES string of the molecule is CC(C)CN1C(=O)c2ccccc2[C@H](C(=O)N2CCC3(CC2)OCCO3)[C@H]1c1cccs1. The monoisotopic (exact) mass is 454 g/mol. The Morgan fingerprint density at radius 1 is 1.12 bits per heavy atom. The summed E-state index contributed by atoms with van der Waals surface area (Å²) in [6, 6.07) is 11.4. The number of hydrogen-bond donors (Lipinski definition) is 0. The molecule has 170 valence electrons. The van der Waals surface area contributed by atoms with Crippen molar-refractivity contribution in [2.24, 2.45) is 5.92 Å². The predicted octanol–water partition coefficient (Wildman–Crippen LogP) is 4.05. The third-order valence-corrected chi connectivity index (χ3v) is 7.69. The van der Waals surface area contributed by atoms with E-state index in [1.54, 1.807) is 11.3 Å². The number of fused-ring (bicyclic) bond motifs is 1. The van der Waals surface area contributed by atoms with E-state index < -0.39 is 11.7 Å². The van der Waals surface area contributed by atoms with Gasteiger partial charge in [0.2, 0.25) is 5.91 Å². The Hall–Kier alpha value is -2.22. The highest BCUT2D eigenvalue weighted by atomic mass is 32.1. The molecule has 1 aromatic carbocycles. The topological polar surface area (TPSA) is 59.1 Å². The average Bonchev–Trinajstić information content (AvgIpc) is 3.48. The van der Waals surface area contributed by atoms with E-state index in [9.17, 15) is 9.59 Å². The number of rotatable bonds is 4. The van der Waals surface area contributed by atoms with Crippen LogP contribution in [0.15, 0.2) is 41.8 Å². The minimum Gasteiger partial charge on any atom is -0.347 e. The molecule has 7 heteroatoms. The van der Waals surface area contributed by atoms with Gasteiger partial charge < -0.3 is 19.3 Å². The summed E-state index contributed by atoms with van der Waals surface area (Å²) in [6.07, 6.45) is 1.37. The highest BCUT2D eigenvalue weighted by molar-refractivity contribution is 7.10. The molecule has 5 rings (SSSR count). The van der Waals surface area contributed by atoms with Crippen LogP contribution in [0.25, 0.3) is 0 Å². The van der Waals surface area contributed by atoms with Crippen molar-refractivity contribution in [1.29, 1.82) is 0 Å². The van der Waals surface area contributed by atoms with Crippen molar-refractivity contribution < 1.29 is 19.1 Å². The van der Waals surface area contributed by atoms with Gasteiger partial charge in [-0.2, -0.15) is 0 Å². The number of carbonyl (C=O) groups excluding carboxylic acids is 2. The van der Waals surface area contributed by atoms with Gasteiger partial charge in [0.1, 0.15) is 0 Å². The molecule has 4 heterocycles. The first kappa shape index (κ1) is 21.6. The molecular weight excluding hydrogens is 424 g/mol. The lowest BCUT2D eigenvalue weighted by Crippen LogP contribution is -2.52. The summed E-state index contributed by atoms with van der Waals surface area (Å²) in [6.45, 7) is 7.29. The zero-order valence-electron chi connectivity index (χ0n) is 18.7. The second kappa shape index (κ2) is 8.61. The Bertz CT molecular complexity index is 974. The van der Waals surface area contributed by atoms with Crippen LogP contribution in [0.4, 0.5) is 0 Å². The van der Waals surface area contributed by atoms with E-state index in [0.29, 0.717) is 57.2 Å². The van der Waals surface area contributed by atoms with Gasteiger partial charge in [-0.3, -0.25) is 9.59 Å². The van der Waals surface area contributed by atoms with Crippen LogP contribution in [0.3, 0.4) is 0 Å². The van der Waals surface area contributed by atoms with Crippen molar-refractivity contribution in [3.63, 3.8) is 0 Å². The molecule has 0 bridgehead atoms. The third-order valence-electron chi connectivity index (χ3n) is 6.75. The molecule has 32 heavy (non-hydrogen) atoms. The van der Waals surface area contributed by atoms with Crippen LogP contribution in [0.1, 0.15) is 59.4 Å². The summed E-state index contributed by atoms with van der Waals surface area (Å²) in [7, 11) is 0. The van der Waals surface area contributed by atoms with Gasteiger partial charge in [-0.25, -0.2) is 0 Å². The highest BCUT2D eigenvalue weighted by Crippen LogP contribution is 2.46. The maximum atomic E-state index is 14.1. The van der Waals surface area contributed by atoms with E-state index in [0.717, 1.165) is 10.4 Å². The fourth-order valence-electron chi connectivity index (χ4n) is 5.28. The molecule has 1 aromatic heterocycles. The first-order valence-electron chi connectivity index (χ1n) is 11.5. The number of nitrogens with zero attached hydrogens (tertiary/aromatic N) is 2. The maximum Gasteiger partial charge on any atom is 0.254 e. The molecule has 2 aromatic rings. The number of carbonyl (C=O) groups is 2. The Labute approximate surface area is 193 Å². The fraction of sp³-hybridized carbons (Fsp3) is 0.520. The van der Waals surface area contributed by atoms with Crippen molar-refractivity contribution in [3.8, 4) is 0 Å². The molecule has 0 radical (unpaired) electrons. The molecule has 0 saturated carbocycles. The summed E-state index contributed by atoms with van der Waals surface area (Å²) in [5.74, 6) is -0.532. The standard InChI is InChI=1S/C25H30N2O4S/c1-17(2)16-27-22(20-8-5-15-32-20)21(18-6-3-4-7-19(18)23(27)28)24(29)26-11-9-25(10-12-26)30-13-14-31-25/h3-8,15,17,21-22H,9-14,16H2,1-2H3/t21-,22+/m0/s1. The molecule has 2 fully saturated rings. The summed E-state index contributed by atoms with van der Waals surface area (Å²) in [5, 5.41) is 2.02. The van der Waals surface area contributed by atoms with Crippen LogP contribution in [0, 0.1) is 5.92 Å². The van der Waals surface area contributed by atoms with Crippen molar-refractivity contribution in [1.82, 2.24) is 9.80 Å². The molecule has 0 N–H and O–H groups in total. The number of hydrogen-bond acceptors (Lipinski definition) is 5. The van der Waals surface area contributed by atoms with Crippen LogP contribution < -0.4 is 0 Å². The lowest BCUT2D eigenvalue weighted by Gasteiger charge is -2.45. The minimum absolute atomic E-state index is 0.0158. The minimum atomic E-state index is -0.520. The van der Waals surface area contributed by atoms with E-state index in [4.69, 9.17) is 9.47 Å². The number of piperidine rings is 1. The number of amides is 2. The molecular formula is C25H30N2O4S. The number of likely N-dealkylation sites (tertiary alicyclic amines) is 1. The molecule has 0 aliphatic carbocycles. The third kappa shape index (κ3) is 3.76. The smallest absolute Gasteiger partial charge is 0.254 e. The number of thiophene rings is 1. The summed E-state index contributed by atoms with van der Waals surface area (Å²) in [4.78, 5) is 32.5. The van der Waals surface area contributed by atoms with Gasteiger partial charge in [-0.05, 0) is 29.0 Å². The molecule has 0 unspecified atom stereocenters. The zero-order chi connectivity index (χ0) is 22.3. The van der Waals surface area contributed by atoms with E-state index >= 15 is 0 Å². The number of benzene rings is 1. The van der Waals surface area contributed by atoms with Crippen LogP contribution in [-0.2, 0) is 14.3 Å². The van der Waals surface area contributed by atoms with Crippen LogP contribution in [-0.4, -0.2) is 60.2 Å². The maximum absolute atomic E-state index is 14.1. The Kier molecular flexibility index (Phi) is 5.82. The normalized spacial score (nSPS) is 24.9. The Morgan fingerprint density at radius 2 is 1.84 bits per heavy atom. The molecule has 1 spiro atoms. The van der Waals surface area contributed by atoms with E-state index in [2.05, 4.69) is 19.9 Å². The Balaban J connectivity index is 1.52. The predicted molar refractivity (Wildman–Crippen MR) is 123 cm³/mol. The van der Waals surface area contributed by atoms with Crippen LogP contribution >= 0.6 is 11.3 Å². The molecule has 3 aliphatic heterocycles. The summed E-state index contributed by atoms with van der Waals surface area (Å²) < 4.78 is 11.7. The first-order chi connectivity index (χ1) is 15.5. The van der Waals surface area contributed by atoms with Crippen molar-refractivity contribution in [2.75, 3.05) is 32.8 Å². The zero-order valence-corrected chi connectivity index (χ0v) is 19.5. The van der Waals surface area contributed by atoms with Gasteiger partial charge >= 0.3 is 0 Å². The molecule has 2 saturated heterocycles. The van der Waals surface area contributed by atoms with Gasteiger partial charge in [-0.1, -0.05) is 38.1 Å². The number of ether oxygens (including phenoxy) is 2. The Morgan fingerprint density at radius 3 is 2.50 bits per heavy atom. The molecule has 6 nitrogen and oxygen atoms in total. The average molecular weight is 455 g/mol. The van der Waals surface area contributed by atoms with Crippen molar-refractivity contribution in [3.05, 3.63) is 57.8 Å². The van der Waals surface area contributed by atoms with Gasteiger partial charge in [0.25, 0.3) is 5.91 Å². The lowest BCUT2D eigenvalue weighted by atomic mass is 9.80. The second-order valence-corrected chi connectivity index (χ2v) is 10.3. The van der Waals surface area contributed by atoms with Crippen molar-refractivity contribution >= 4 is 23.2 Å². The van der Waals surface area contributed by atoms with Crippen LogP contribution in [0.2, 0.25) is 0 Å². The summed E-state index contributed by atoms with van der Waals surface area (Å²) in [5.41, 5.74) is 1.49. The second-order valence-electron chi connectivity index (χ2n) is 9.31. The quantitative estimate of drug-likeness (QED) is 0.699. The van der Waals surface area contributed by atoms with Gasteiger partial charge in [-0.15, -0.1) is 11.3 Å². The van der Waals surface area contributed by atoms with Gasteiger partial charge in [0, 0.05) is 42.9 Å². The fourth-order valence-corrected chi connectivity index (χ4v) is 6.15. The molecule has 2 amide bonds. The largest absolute Gasteiger partial charge is 0.347 e. The van der Waals surface area contributed by atoms with Crippen molar-refractivity contribution in [2.45, 2.75) is 44.4 Å². The highest BCUT2D eigenvalue weighted by Gasteiger charge is 2.48. The summed E-state index contributed by atoms with van der Waals surface area (Å²) >= 11 is 1.62. The van der Waals surface area contributed by atoms with Gasteiger partial charge in [0.05, 0.1) is 25.2 Å². The van der Waals surface area contributed by atoms with Gasteiger partial charge in [0.15, 0.2) is 5.79 Å². The first-order valence-corrected chi connectivity index (χ1v) is 12.4.